The Morgan fingerprint density at radius 2 is 1.97 bits per heavy atom. The summed E-state index contributed by atoms with van der Waals surface area (Å²) in [5.74, 6) is 0.217. The van der Waals surface area contributed by atoms with Gasteiger partial charge >= 0.3 is 5.97 Å². The van der Waals surface area contributed by atoms with Gasteiger partial charge in [-0.2, -0.15) is 4.39 Å². The van der Waals surface area contributed by atoms with Crippen molar-refractivity contribution in [1.82, 2.24) is 4.98 Å². The average molecular weight is 435 g/mol. The van der Waals surface area contributed by atoms with E-state index in [0.717, 1.165) is 17.5 Å². The summed E-state index contributed by atoms with van der Waals surface area (Å²) in [4.78, 5) is 15.9. The third-order valence-electron chi connectivity index (χ3n) is 6.46. The predicted molar refractivity (Wildman–Crippen MR) is 115 cm³/mol. The van der Waals surface area contributed by atoms with Crippen molar-refractivity contribution in [1.29, 1.82) is 0 Å². The molecule has 0 saturated heterocycles. The van der Waals surface area contributed by atoms with Crippen LogP contribution in [-0.4, -0.2) is 17.6 Å². The predicted octanol–water partition coefficient (Wildman–Crippen LogP) is 5.36. The molecule has 0 unspecified atom stereocenters. The fraction of sp³-hybridized carbons (Fsp3) is 0.308. The molecule has 0 N–H and O–H groups in total. The number of nitrogens with zero attached hydrogens (tertiary/aromatic N) is 1. The number of benzene rings is 2. The summed E-state index contributed by atoms with van der Waals surface area (Å²) in [7, 11) is 0. The van der Waals surface area contributed by atoms with Crippen LogP contribution in [0.4, 0.5) is 8.78 Å². The Morgan fingerprint density at radius 1 is 1.12 bits per heavy atom. The Morgan fingerprint density at radius 3 is 2.75 bits per heavy atom. The largest absolute Gasteiger partial charge is 0.489 e. The van der Waals surface area contributed by atoms with Gasteiger partial charge < -0.3 is 9.47 Å². The summed E-state index contributed by atoms with van der Waals surface area (Å²) < 4.78 is 38.8. The first-order chi connectivity index (χ1) is 15.5. The van der Waals surface area contributed by atoms with E-state index in [9.17, 15) is 13.6 Å². The molecule has 2 aliphatic carbocycles. The molecule has 0 bridgehead atoms. The number of pyridine rings is 1. The highest BCUT2D eigenvalue weighted by molar-refractivity contribution is 5.79. The number of halogens is 2. The lowest BCUT2D eigenvalue weighted by molar-refractivity contribution is -0.145. The van der Waals surface area contributed by atoms with Crippen LogP contribution in [0.3, 0.4) is 0 Å². The SMILES string of the molecule is CCOC(=O)[C@H]1[C@@H]2Cc3cc(OCc4cc(-c5ccc(F)nc5C)ccc4F)ccc3[C@@H]21. The maximum Gasteiger partial charge on any atom is 0.309 e. The maximum atomic E-state index is 14.4. The molecule has 0 spiro atoms. The molecule has 3 aromatic rings. The number of esters is 1. The van der Waals surface area contributed by atoms with E-state index in [1.165, 1.54) is 23.3 Å². The van der Waals surface area contributed by atoms with Gasteiger partial charge in [0.25, 0.3) is 0 Å². The highest BCUT2D eigenvalue weighted by atomic mass is 19.1. The fourth-order valence-corrected chi connectivity index (χ4v) is 4.89. The minimum atomic E-state index is -0.542. The zero-order chi connectivity index (χ0) is 22.4. The Balaban J connectivity index is 1.29. The van der Waals surface area contributed by atoms with Crippen LogP contribution >= 0.6 is 0 Å². The molecular formula is C26H23F2NO3. The molecule has 164 valence electrons. The second-order valence-corrected chi connectivity index (χ2v) is 8.39. The van der Waals surface area contributed by atoms with E-state index in [2.05, 4.69) is 4.98 Å². The molecule has 1 saturated carbocycles. The zero-order valence-corrected chi connectivity index (χ0v) is 17.9. The standard InChI is InChI=1S/C26H23F2NO3/c1-3-31-26(30)25-21-12-16-11-18(5-6-20(16)24(21)25)32-13-17-10-15(4-8-22(17)27)19-7-9-23(28)29-14(19)2/h4-11,21,24-25H,3,12-13H2,1-2H3/t21-,24+,25+/m1/s1. The molecule has 32 heavy (non-hydrogen) atoms. The van der Waals surface area contributed by atoms with E-state index >= 15 is 0 Å². The molecule has 2 aliphatic rings. The van der Waals surface area contributed by atoms with Gasteiger partial charge in [0.15, 0.2) is 0 Å². The van der Waals surface area contributed by atoms with Crippen LogP contribution in [0.1, 0.15) is 35.2 Å². The lowest BCUT2D eigenvalue weighted by Gasteiger charge is -2.13. The van der Waals surface area contributed by atoms with E-state index in [1.807, 2.05) is 25.1 Å². The highest BCUT2D eigenvalue weighted by Crippen LogP contribution is 2.62. The van der Waals surface area contributed by atoms with Gasteiger partial charge in [-0.05, 0) is 79.3 Å². The Kier molecular flexibility index (Phi) is 5.16. The Bertz CT molecular complexity index is 1210. The highest BCUT2D eigenvalue weighted by Gasteiger charge is 2.60. The number of rotatable bonds is 6. The van der Waals surface area contributed by atoms with Crippen molar-refractivity contribution >= 4 is 5.97 Å². The summed E-state index contributed by atoms with van der Waals surface area (Å²) in [6.07, 6.45) is 0.835. The van der Waals surface area contributed by atoms with Gasteiger partial charge in [0.1, 0.15) is 18.2 Å². The molecule has 1 fully saturated rings. The van der Waals surface area contributed by atoms with E-state index < -0.39 is 5.95 Å². The van der Waals surface area contributed by atoms with Gasteiger partial charge in [-0.1, -0.05) is 12.1 Å². The molecule has 4 nitrogen and oxygen atoms in total. The summed E-state index contributed by atoms with van der Waals surface area (Å²) in [5, 5.41) is 0. The number of aryl methyl sites for hydroxylation is 1. The lowest BCUT2D eigenvalue weighted by Crippen LogP contribution is -2.11. The van der Waals surface area contributed by atoms with Gasteiger partial charge in [0.05, 0.1) is 12.5 Å². The van der Waals surface area contributed by atoms with Crippen LogP contribution in [0.5, 0.6) is 5.75 Å². The van der Waals surface area contributed by atoms with Crippen LogP contribution in [-0.2, 0) is 22.6 Å². The average Bonchev–Trinajstić information content (AvgIpc) is 3.35. The van der Waals surface area contributed by atoms with Crippen molar-refractivity contribution < 1.29 is 23.0 Å². The van der Waals surface area contributed by atoms with Crippen molar-refractivity contribution in [2.24, 2.45) is 11.8 Å². The first-order valence-electron chi connectivity index (χ1n) is 10.8. The number of hydrogen-bond donors (Lipinski definition) is 0. The van der Waals surface area contributed by atoms with E-state index in [1.54, 1.807) is 25.1 Å². The minimum absolute atomic E-state index is 0.0181. The van der Waals surface area contributed by atoms with Crippen LogP contribution in [0.15, 0.2) is 48.5 Å². The normalized spacial score (nSPS) is 20.4. The quantitative estimate of drug-likeness (QED) is 0.386. The summed E-state index contributed by atoms with van der Waals surface area (Å²) in [5.41, 5.74) is 4.83. The first-order valence-corrected chi connectivity index (χ1v) is 10.8. The van der Waals surface area contributed by atoms with E-state index in [-0.39, 0.29) is 30.2 Å². The molecule has 0 amide bonds. The minimum Gasteiger partial charge on any atom is -0.489 e. The number of hydrogen-bond acceptors (Lipinski definition) is 4. The smallest absolute Gasteiger partial charge is 0.309 e. The molecular weight excluding hydrogens is 412 g/mol. The summed E-state index contributed by atoms with van der Waals surface area (Å²) in [6.45, 7) is 4.03. The zero-order valence-electron chi connectivity index (χ0n) is 17.9. The topological polar surface area (TPSA) is 48.4 Å². The second kappa shape index (κ2) is 8.01. The van der Waals surface area contributed by atoms with Crippen LogP contribution < -0.4 is 4.74 Å². The van der Waals surface area contributed by atoms with E-state index in [4.69, 9.17) is 9.47 Å². The van der Waals surface area contributed by atoms with Crippen molar-refractivity contribution in [2.45, 2.75) is 32.8 Å². The molecule has 0 radical (unpaired) electrons. The van der Waals surface area contributed by atoms with Crippen LogP contribution in [0.25, 0.3) is 11.1 Å². The number of carbonyl (C=O) groups excluding carboxylic acids is 1. The summed E-state index contributed by atoms with van der Waals surface area (Å²) in [6, 6.07) is 13.6. The van der Waals surface area contributed by atoms with Gasteiger partial charge in [-0.15, -0.1) is 0 Å². The van der Waals surface area contributed by atoms with Crippen molar-refractivity contribution in [2.75, 3.05) is 6.61 Å². The number of carbonyl (C=O) groups is 1. The molecule has 6 heteroatoms. The fourth-order valence-electron chi connectivity index (χ4n) is 4.89. The summed E-state index contributed by atoms with van der Waals surface area (Å²) >= 11 is 0. The molecule has 1 heterocycles. The van der Waals surface area contributed by atoms with Crippen molar-refractivity contribution in [3.8, 4) is 16.9 Å². The lowest BCUT2D eigenvalue weighted by atomic mass is 10.0. The van der Waals surface area contributed by atoms with Crippen molar-refractivity contribution in [3.05, 3.63) is 82.7 Å². The van der Waals surface area contributed by atoms with Gasteiger partial charge in [0.2, 0.25) is 5.95 Å². The Labute approximate surface area is 185 Å². The van der Waals surface area contributed by atoms with Crippen LogP contribution in [0, 0.1) is 30.5 Å². The molecule has 3 atom stereocenters. The third-order valence-corrected chi connectivity index (χ3v) is 6.46. The first kappa shape index (κ1) is 20.6. The van der Waals surface area contributed by atoms with Crippen molar-refractivity contribution in [3.63, 3.8) is 0 Å². The molecule has 0 aliphatic heterocycles. The number of fused-ring (bicyclic) bond motifs is 3. The Hall–Kier alpha value is -3.28. The molecule has 5 rings (SSSR count). The second-order valence-electron chi connectivity index (χ2n) is 8.39. The van der Waals surface area contributed by atoms with Crippen LogP contribution in [0.2, 0.25) is 0 Å². The van der Waals surface area contributed by atoms with E-state index in [0.29, 0.717) is 29.5 Å². The van der Waals surface area contributed by atoms with Gasteiger partial charge in [0, 0.05) is 22.7 Å². The molecule has 1 aromatic heterocycles. The van der Waals surface area contributed by atoms with Gasteiger partial charge in [-0.25, -0.2) is 9.37 Å². The number of aromatic nitrogens is 1. The van der Waals surface area contributed by atoms with Gasteiger partial charge in [-0.3, -0.25) is 4.79 Å². The third kappa shape index (κ3) is 3.64. The maximum absolute atomic E-state index is 14.4. The molecule has 2 aromatic carbocycles. The monoisotopic (exact) mass is 435 g/mol. The number of ether oxygens (including phenoxy) is 2.